The summed E-state index contributed by atoms with van der Waals surface area (Å²) in [5.41, 5.74) is -0.457. The number of benzene rings is 1. The van der Waals surface area contributed by atoms with Crippen molar-refractivity contribution in [3.8, 4) is 11.8 Å². The minimum atomic E-state index is -4.36. The Hall–Kier alpha value is -0.953. The molecule has 32 heavy (non-hydrogen) atoms. The number of alkyl halides is 3. The third-order valence-electron chi connectivity index (χ3n) is 4.38. The van der Waals surface area contributed by atoms with Gasteiger partial charge < -0.3 is 28.1 Å². The zero-order valence-corrected chi connectivity index (χ0v) is 19.9. The molecule has 1 fully saturated rings. The van der Waals surface area contributed by atoms with Crippen molar-refractivity contribution in [2.45, 2.75) is 90.1 Å². The Morgan fingerprint density at radius 2 is 1.62 bits per heavy atom. The summed E-state index contributed by atoms with van der Waals surface area (Å²) in [5, 5.41) is 0. The fourth-order valence-electron chi connectivity index (χ4n) is 2.73. The maximum absolute atomic E-state index is 12.4. The quantitative estimate of drug-likeness (QED) is 0.349. The van der Waals surface area contributed by atoms with Crippen molar-refractivity contribution in [2.75, 3.05) is 6.61 Å². The molecule has 0 radical (unpaired) electrons. The number of rotatable bonds is 8. The van der Waals surface area contributed by atoms with Crippen LogP contribution in [-0.4, -0.2) is 37.1 Å². The molecule has 1 saturated carbocycles. The molecule has 1 aromatic rings. The van der Waals surface area contributed by atoms with E-state index in [-0.39, 0.29) is 43.2 Å². The Labute approximate surface area is 203 Å². The van der Waals surface area contributed by atoms with Gasteiger partial charge in [0.15, 0.2) is 0 Å². The second-order valence-electron chi connectivity index (χ2n) is 7.91. The summed E-state index contributed by atoms with van der Waals surface area (Å²) in [6.07, 6.45) is 0.759. The summed E-state index contributed by atoms with van der Waals surface area (Å²) in [4.78, 5) is 0. The molecule has 1 aliphatic carbocycles. The summed E-state index contributed by atoms with van der Waals surface area (Å²) in [6.45, 7) is 15.7. The second kappa shape index (κ2) is 15.8. The van der Waals surface area contributed by atoms with Crippen molar-refractivity contribution in [3.63, 3.8) is 0 Å². The molecule has 176 valence electrons. The summed E-state index contributed by atoms with van der Waals surface area (Å²) in [7, 11) is 0. The summed E-state index contributed by atoms with van der Waals surface area (Å²) in [5.74, 6) is 5.26. The normalized spacial score (nSPS) is 17.8. The molecule has 0 amide bonds. The third-order valence-corrected chi connectivity index (χ3v) is 4.38. The molecule has 1 aromatic carbocycles. The van der Waals surface area contributed by atoms with Crippen LogP contribution in [0.3, 0.4) is 0 Å². The molecule has 3 nitrogen and oxygen atoms in total. The Kier molecular flexibility index (Phi) is 15.3. The zero-order chi connectivity index (χ0) is 23.4. The number of ether oxygens (including phenoxy) is 3. The predicted molar refractivity (Wildman–Crippen MR) is 116 cm³/mol. The molecule has 0 aromatic heterocycles. The Morgan fingerprint density at radius 3 is 2.12 bits per heavy atom. The Balaban J connectivity index is 0.000000592. The molecule has 0 spiro atoms. The van der Waals surface area contributed by atoms with Crippen LogP contribution in [0, 0.1) is 31.8 Å². The van der Waals surface area contributed by atoms with Crippen molar-refractivity contribution in [1.29, 1.82) is 0 Å². The van der Waals surface area contributed by atoms with Crippen molar-refractivity contribution in [3.05, 3.63) is 49.2 Å². The fraction of sp³-hybridized carbons (Fsp3) is 0.600. The summed E-state index contributed by atoms with van der Waals surface area (Å²) in [6, 6.07) is 5.73. The minimum absolute atomic E-state index is 0. The van der Waals surface area contributed by atoms with E-state index >= 15 is 0 Å². The average Bonchev–Trinajstić information content (AvgIpc) is 2.66. The first-order valence-corrected chi connectivity index (χ1v) is 10.6. The molecule has 0 bridgehead atoms. The van der Waals surface area contributed by atoms with Crippen LogP contribution in [0.4, 0.5) is 13.2 Å². The van der Waals surface area contributed by atoms with E-state index in [4.69, 9.17) is 14.2 Å². The SMILES string of the molecule is CC(C)OCC#Cc1c[c-]cc(C(F)(F)F)c1.[CH2-]CC(C[CH2-])OC1CC(OC(C)C)C1.[Li+]. The molecule has 0 N–H and O–H groups in total. The maximum Gasteiger partial charge on any atom is 1.00 e. The number of hydrogen-bond acceptors (Lipinski definition) is 3. The Bertz CT molecular complexity index is 686. The van der Waals surface area contributed by atoms with Crippen LogP contribution in [0.25, 0.3) is 0 Å². The summed E-state index contributed by atoms with van der Waals surface area (Å²) >= 11 is 0. The molecule has 0 unspecified atom stereocenters. The van der Waals surface area contributed by atoms with E-state index in [9.17, 15) is 13.2 Å². The van der Waals surface area contributed by atoms with Crippen molar-refractivity contribution in [2.24, 2.45) is 0 Å². The average molecular weight is 446 g/mol. The molecular weight excluding hydrogens is 412 g/mol. The topological polar surface area (TPSA) is 27.7 Å². The van der Waals surface area contributed by atoms with Gasteiger partial charge in [0, 0.05) is 6.10 Å². The first kappa shape index (κ1) is 31.0. The van der Waals surface area contributed by atoms with E-state index < -0.39 is 11.7 Å². The number of halogens is 3. The van der Waals surface area contributed by atoms with Gasteiger partial charge >= 0.3 is 25.0 Å². The first-order valence-electron chi connectivity index (χ1n) is 10.6. The second-order valence-corrected chi connectivity index (χ2v) is 7.91. The van der Waals surface area contributed by atoms with E-state index in [1.165, 1.54) is 6.07 Å². The zero-order valence-electron chi connectivity index (χ0n) is 19.9. The van der Waals surface area contributed by atoms with Crippen LogP contribution >= 0.6 is 0 Å². The van der Waals surface area contributed by atoms with Crippen molar-refractivity contribution >= 4 is 0 Å². The van der Waals surface area contributed by atoms with Crippen LogP contribution in [0.5, 0.6) is 0 Å². The molecule has 7 heteroatoms. The standard InChI is InChI=1S/C13H12F3O.C12H22O2.Li/c1-10(2)17-8-4-6-11-5-3-7-12(9-11)13(14,15)16;1-5-10(6-2)14-12-7-11(8-12)13-9(3)4;/h5,7,9-10H,8H2,1-2H3;9-12H,1-2,5-8H2,3-4H3;/q-1;-2;+1. The van der Waals surface area contributed by atoms with E-state index in [1.54, 1.807) is 0 Å². The third kappa shape index (κ3) is 12.9. The Morgan fingerprint density at radius 1 is 1.03 bits per heavy atom. The van der Waals surface area contributed by atoms with Gasteiger partial charge in [-0.15, -0.1) is 12.0 Å². The molecule has 0 aliphatic heterocycles. The minimum Gasteiger partial charge on any atom is -0.380 e. The van der Waals surface area contributed by atoms with Gasteiger partial charge in [-0.1, -0.05) is 17.0 Å². The van der Waals surface area contributed by atoms with Crippen molar-refractivity contribution in [1.82, 2.24) is 0 Å². The van der Waals surface area contributed by atoms with Gasteiger partial charge in [-0.2, -0.15) is 44.2 Å². The van der Waals surface area contributed by atoms with Gasteiger partial charge in [-0.3, -0.25) is 0 Å². The van der Waals surface area contributed by atoms with Crippen LogP contribution in [0.1, 0.15) is 64.5 Å². The smallest absolute Gasteiger partial charge is 0.380 e. The molecule has 0 saturated heterocycles. The van der Waals surface area contributed by atoms with E-state index in [0.29, 0.717) is 18.3 Å². The maximum atomic E-state index is 12.4. The molecule has 1 aliphatic rings. The fourth-order valence-corrected chi connectivity index (χ4v) is 2.73. The van der Waals surface area contributed by atoms with Crippen LogP contribution in [0.2, 0.25) is 0 Å². The summed E-state index contributed by atoms with van der Waals surface area (Å²) < 4.78 is 53.7. The van der Waals surface area contributed by atoms with E-state index in [1.807, 2.05) is 13.8 Å². The van der Waals surface area contributed by atoms with Gasteiger partial charge in [0.2, 0.25) is 0 Å². The first-order chi connectivity index (χ1) is 14.5. The molecular formula is C25H34F3LiO3-2. The molecule has 2 rings (SSSR count). The van der Waals surface area contributed by atoms with Gasteiger partial charge in [-0.05, 0) is 40.5 Å². The van der Waals surface area contributed by atoms with Crippen molar-refractivity contribution < 1.29 is 46.2 Å². The van der Waals surface area contributed by atoms with Gasteiger partial charge in [0.25, 0.3) is 0 Å². The molecule has 0 atom stereocenters. The van der Waals surface area contributed by atoms with E-state index in [2.05, 4.69) is 45.6 Å². The predicted octanol–water partition coefficient (Wildman–Crippen LogP) is 3.06. The van der Waals surface area contributed by atoms with Gasteiger partial charge in [0.1, 0.15) is 6.61 Å². The largest absolute Gasteiger partial charge is 1.00 e. The molecule has 0 heterocycles. The number of hydrogen-bond donors (Lipinski definition) is 0. The monoisotopic (exact) mass is 446 g/mol. The van der Waals surface area contributed by atoms with Gasteiger partial charge in [0.05, 0.1) is 24.4 Å². The van der Waals surface area contributed by atoms with Crippen LogP contribution in [-0.2, 0) is 20.4 Å². The van der Waals surface area contributed by atoms with Crippen LogP contribution in [0.15, 0.2) is 18.2 Å². The van der Waals surface area contributed by atoms with Crippen LogP contribution < -0.4 is 18.9 Å². The van der Waals surface area contributed by atoms with Gasteiger partial charge in [-0.25, -0.2) is 0 Å². The van der Waals surface area contributed by atoms with E-state index in [0.717, 1.165) is 37.8 Å².